The van der Waals surface area contributed by atoms with Crippen LogP contribution in [-0.4, -0.2) is 23.5 Å². The van der Waals surface area contributed by atoms with E-state index in [1.54, 1.807) is 4.90 Å². The van der Waals surface area contributed by atoms with E-state index in [-0.39, 0.29) is 12.3 Å². The molecule has 2 rings (SSSR count). The molecule has 0 saturated heterocycles. The molecule has 0 spiro atoms. The number of carboxylic acids is 1. The fourth-order valence-electron chi connectivity index (χ4n) is 2.45. The fourth-order valence-corrected chi connectivity index (χ4v) is 2.45. The van der Waals surface area contributed by atoms with Crippen LogP contribution in [0.2, 0.25) is 0 Å². The summed E-state index contributed by atoms with van der Waals surface area (Å²) in [6.45, 7) is 0.474. The Bertz CT molecular complexity index is 454. The second-order valence-corrected chi connectivity index (χ2v) is 5.38. The lowest BCUT2D eigenvalue weighted by Crippen LogP contribution is -2.34. The Hall–Kier alpha value is -1.84. The van der Waals surface area contributed by atoms with Crippen molar-refractivity contribution >= 4 is 17.6 Å². The summed E-state index contributed by atoms with van der Waals surface area (Å²) < 4.78 is 0. The van der Waals surface area contributed by atoms with Crippen LogP contribution in [0.3, 0.4) is 0 Å². The molecule has 1 aromatic rings. The Morgan fingerprint density at radius 1 is 1.20 bits per heavy atom. The molecule has 0 radical (unpaired) electrons. The molecule has 4 heteroatoms. The van der Waals surface area contributed by atoms with Crippen LogP contribution in [0.5, 0.6) is 0 Å². The number of hydrogen-bond donors (Lipinski definition) is 1. The molecule has 0 bridgehead atoms. The van der Waals surface area contributed by atoms with E-state index in [1.807, 2.05) is 30.3 Å². The molecule has 0 atom stereocenters. The van der Waals surface area contributed by atoms with Crippen LogP contribution >= 0.6 is 0 Å². The van der Waals surface area contributed by atoms with Crippen molar-refractivity contribution in [2.45, 2.75) is 38.5 Å². The lowest BCUT2D eigenvalue weighted by molar-refractivity contribution is -0.137. The van der Waals surface area contributed by atoms with Gasteiger partial charge in [0.2, 0.25) is 5.91 Å². The molecule has 0 unspecified atom stereocenters. The minimum absolute atomic E-state index is 0.0973. The van der Waals surface area contributed by atoms with Gasteiger partial charge in [0.25, 0.3) is 0 Å². The molecule has 0 aromatic heterocycles. The molecule has 108 valence electrons. The number of aliphatic carboxylic acids is 1. The second kappa shape index (κ2) is 7.08. The van der Waals surface area contributed by atoms with Gasteiger partial charge in [-0.15, -0.1) is 0 Å². The molecule has 1 amide bonds. The quantitative estimate of drug-likeness (QED) is 0.832. The highest BCUT2D eigenvalue weighted by atomic mass is 16.4. The van der Waals surface area contributed by atoms with Crippen LogP contribution in [0, 0.1) is 5.92 Å². The van der Waals surface area contributed by atoms with Crippen molar-refractivity contribution in [3.8, 4) is 0 Å². The zero-order valence-electron chi connectivity index (χ0n) is 11.6. The highest BCUT2D eigenvalue weighted by molar-refractivity contribution is 5.93. The first-order valence-corrected chi connectivity index (χ1v) is 7.24. The topological polar surface area (TPSA) is 57.6 Å². The van der Waals surface area contributed by atoms with E-state index in [2.05, 4.69) is 0 Å². The van der Waals surface area contributed by atoms with Crippen molar-refractivity contribution in [2.75, 3.05) is 11.4 Å². The average Bonchev–Trinajstić information content (AvgIpc) is 2.39. The van der Waals surface area contributed by atoms with Crippen LogP contribution < -0.4 is 4.90 Å². The Labute approximate surface area is 119 Å². The van der Waals surface area contributed by atoms with Gasteiger partial charge in [0.15, 0.2) is 0 Å². The molecule has 20 heavy (non-hydrogen) atoms. The molecule has 1 aliphatic carbocycles. The maximum absolute atomic E-state index is 12.4. The molecule has 0 aliphatic heterocycles. The largest absolute Gasteiger partial charge is 0.481 e. The van der Waals surface area contributed by atoms with Gasteiger partial charge in [0, 0.05) is 25.1 Å². The second-order valence-electron chi connectivity index (χ2n) is 5.38. The van der Waals surface area contributed by atoms with Crippen molar-refractivity contribution in [1.29, 1.82) is 0 Å². The van der Waals surface area contributed by atoms with Gasteiger partial charge in [-0.25, -0.2) is 0 Å². The zero-order valence-corrected chi connectivity index (χ0v) is 11.6. The molecular weight excluding hydrogens is 254 g/mol. The van der Waals surface area contributed by atoms with Gasteiger partial charge in [0.05, 0.1) is 0 Å². The number of para-hydroxylation sites is 1. The number of carbonyl (C=O) groups excluding carboxylic acids is 1. The number of carboxylic acid groups (broad SMARTS) is 1. The van der Waals surface area contributed by atoms with Gasteiger partial charge in [-0.1, -0.05) is 24.6 Å². The van der Waals surface area contributed by atoms with Crippen molar-refractivity contribution in [1.82, 2.24) is 0 Å². The molecule has 4 nitrogen and oxygen atoms in total. The van der Waals surface area contributed by atoms with Crippen LogP contribution in [0.25, 0.3) is 0 Å². The van der Waals surface area contributed by atoms with Crippen molar-refractivity contribution < 1.29 is 14.7 Å². The molecule has 1 saturated carbocycles. The van der Waals surface area contributed by atoms with Crippen molar-refractivity contribution in [2.24, 2.45) is 5.92 Å². The van der Waals surface area contributed by atoms with Crippen LogP contribution in [-0.2, 0) is 9.59 Å². The summed E-state index contributed by atoms with van der Waals surface area (Å²) in [6.07, 6.45) is 4.68. The maximum Gasteiger partial charge on any atom is 0.303 e. The van der Waals surface area contributed by atoms with Gasteiger partial charge < -0.3 is 10.0 Å². The van der Waals surface area contributed by atoms with Gasteiger partial charge in [0.1, 0.15) is 0 Å². The number of nitrogens with zero attached hydrogens (tertiary/aromatic N) is 1. The normalized spacial score (nSPS) is 14.6. The number of anilines is 1. The predicted octanol–water partition coefficient (Wildman–Crippen LogP) is 3.07. The number of rotatable bonds is 7. The standard InChI is InChI=1S/C16H21NO3/c18-15(12-13-6-4-7-13)17(11-5-10-16(19)20)14-8-2-1-3-9-14/h1-3,8-9,13H,4-7,10-12H2,(H,19,20). The number of amides is 1. The molecule has 1 aromatic carbocycles. The van der Waals surface area contributed by atoms with Gasteiger partial charge in [-0.2, -0.15) is 0 Å². The first-order valence-electron chi connectivity index (χ1n) is 7.24. The summed E-state index contributed by atoms with van der Waals surface area (Å²) in [5.41, 5.74) is 0.863. The lowest BCUT2D eigenvalue weighted by Gasteiger charge is -2.29. The van der Waals surface area contributed by atoms with E-state index in [0.29, 0.717) is 25.3 Å². The van der Waals surface area contributed by atoms with E-state index in [9.17, 15) is 9.59 Å². The summed E-state index contributed by atoms with van der Waals surface area (Å²) in [5, 5.41) is 8.72. The van der Waals surface area contributed by atoms with Crippen LogP contribution in [0.4, 0.5) is 5.69 Å². The molecule has 1 aliphatic rings. The highest BCUT2D eigenvalue weighted by Gasteiger charge is 2.24. The Balaban J connectivity index is 1.98. The molecule has 1 N–H and O–H groups in total. The van der Waals surface area contributed by atoms with Gasteiger partial charge in [-0.05, 0) is 37.3 Å². The third kappa shape index (κ3) is 4.08. The van der Waals surface area contributed by atoms with Crippen LogP contribution in [0.1, 0.15) is 38.5 Å². The Morgan fingerprint density at radius 3 is 2.45 bits per heavy atom. The molecule has 0 heterocycles. The van der Waals surface area contributed by atoms with Gasteiger partial charge in [-0.3, -0.25) is 9.59 Å². The van der Waals surface area contributed by atoms with Crippen molar-refractivity contribution in [3.63, 3.8) is 0 Å². The third-order valence-corrected chi connectivity index (χ3v) is 3.83. The summed E-state index contributed by atoms with van der Waals surface area (Å²) >= 11 is 0. The number of hydrogen-bond acceptors (Lipinski definition) is 2. The summed E-state index contributed by atoms with van der Waals surface area (Å²) in [6, 6.07) is 9.51. The van der Waals surface area contributed by atoms with Crippen molar-refractivity contribution in [3.05, 3.63) is 30.3 Å². The highest BCUT2D eigenvalue weighted by Crippen LogP contribution is 2.30. The molecule has 1 fully saturated rings. The lowest BCUT2D eigenvalue weighted by atomic mass is 9.82. The minimum atomic E-state index is -0.815. The first-order chi connectivity index (χ1) is 9.66. The smallest absolute Gasteiger partial charge is 0.303 e. The minimum Gasteiger partial charge on any atom is -0.481 e. The monoisotopic (exact) mass is 275 g/mol. The van der Waals surface area contributed by atoms with Crippen LogP contribution in [0.15, 0.2) is 30.3 Å². The SMILES string of the molecule is O=C(O)CCCN(C(=O)CC1CCC1)c1ccccc1. The maximum atomic E-state index is 12.4. The van der Waals surface area contributed by atoms with E-state index in [0.717, 1.165) is 18.5 Å². The summed E-state index contributed by atoms with van der Waals surface area (Å²) in [4.78, 5) is 24.8. The average molecular weight is 275 g/mol. The third-order valence-electron chi connectivity index (χ3n) is 3.83. The number of benzene rings is 1. The van der Waals surface area contributed by atoms with E-state index >= 15 is 0 Å². The van der Waals surface area contributed by atoms with Gasteiger partial charge >= 0.3 is 5.97 Å². The first kappa shape index (κ1) is 14.6. The van der Waals surface area contributed by atoms with E-state index in [1.165, 1.54) is 6.42 Å². The number of carbonyl (C=O) groups is 2. The fraction of sp³-hybridized carbons (Fsp3) is 0.500. The van der Waals surface area contributed by atoms with E-state index < -0.39 is 5.97 Å². The van der Waals surface area contributed by atoms with E-state index in [4.69, 9.17) is 5.11 Å². The summed E-state index contributed by atoms with van der Waals surface area (Å²) in [7, 11) is 0. The zero-order chi connectivity index (χ0) is 14.4. The Kier molecular flexibility index (Phi) is 5.16. The Morgan fingerprint density at radius 2 is 1.90 bits per heavy atom. The predicted molar refractivity (Wildman–Crippen MR) is 77.6 cm³/mol. The summed E-state index contributed by atoms with van der Waals surface area (Å²) in [5.74, 6) is -0.177. The molecular formula is C16H21NO3.